The van der Waals surface area contributed by atoms with E-state index in [4.69, 9.17) is 14.2 Å². The van der Waals surface area contributed by atoms with Crippen LogP contribution in [0.1, 0.15) is 40.5 Å². The number of carbonyl (C=O) groups is 3. The maximum atomic E-state index is 12.0. The van der Waals surface area contributed by atoms with Gasteiger partial charge in [-0.15, -0.1) is 0 Å². The largest absolute Gasteiger partial charge is 0.458 e. The molecule has 1 heterocycles. The molecule has 0 aromatic carbocycles. The summed E-state index contributed by atoms with van der Waals surface area (Å²) in [5.74, 6) is -1.78. The van der Waals surface area contributed by atoms with Crippen LogP contribution >= 0.6 is 0 Å². The summed E-state index contributed by atoms with van der Waals surface area (Å²) in [7, 11) is 0. The van der Waals surface area contributed by atoms with Gasteiger partial charge in [0.2, 0.25) is 0 Å². The number of fused-ring (bicyclic) bond motifs is 1. The van der Waals surface area contributed by atoms with E-state index in [9.17, 15) is 14.4 Å². The summed E-state index contributed by atoms with van der Waals surface area (Å²) in [6, 6.07) is 0. The number of hydrogen-bond donors (Lipinski definition) is 0. The van der Waals surface area contributed by atoms with Crippen LogP contribution in [-0.4, -0.2) is 36.2 Å². The number of ether oxygens (including phenoxy) is 3. The van der Waals surface area contributed by atoms with E-state index in [1.807, 2.05) is 19.9 Å². The normalized spacial score (nSPS) is 33.9. The minimum atomic E-state index is -0.703. The maximum absolute atomic E-state index is 12.0. The molecular weight excluding hydrogens is 324 g/mol. The summed E-state index contributed by atoms with van der Waals surface area (Å²) < 4.78 is 16.3. The fraction of sp³-hybridized carbons (Fsp3) is 0.526. The SMILES string of the molecule is C=C1C(=O)O[C@H]2C/C(C)=C\C[C@@H](OC(C)=O)/C(C)=C\[C@@H](OC(C)=O)[C@H]12. The van der Waals surface area contributed by atoms with Gasteiger partial charge < -0.3 is 14.2 Å². The molecule has 4 atom stereocenters. The van der Waals surface area contributed by atoms with E-state index < -0.39 is 36.2 Å². The van der Waals surface area contributed by atoms with Gasteiger partial charge in [0.15, 0.2) is 0 Å². The Kier molecular flexibility index (Phi) is 5.82. The van der Waals surface area contributed by atoms with E-state index in [0.717, 1.165) is 11.1 Å². The van der Waals surface area contributed by atoms with Gasteiger partial charge in [0.1, 0.15) is 18.3 Å². The summed E-state index contributed by atoms with van der Waals surface area (Å²) in [5.41, 5.74) is 2.04. The molecule has 2 rings (SSSR count). The average molecular weight is 348 g/mol. The van der Waals surface area contributed by atoms with E-state index in [2.05, 4.69) is 6.58 Å². The molecule has 1 saturated heterocycles. The third kappa shape index (κ3) is 4.59. The first kappa shape index (κ1) is 19.0. The molecule has 1 fully saturated rings. The Bertz CT molecular complexity index is 657. The van der Waals surface area contributed by atoms with Crippen molar-refractivity contribution in [2.24, 2.45) is 5.92 Å². The van der Waals surface area contributed by atoms with Gasteiger partial charge in [-0.2, -0.15) is 0 Å². The van der Waals surface area contributed by atoms with E-state index in [0.29, 0.717) is 12.8 Å². The van der Waals surface area contributed by atoms with Gasteiger partial charge in [-0.1, -0.05) is 18.2 Å². The zero-order valence-corrected chi connectivity index (χ0v) is 15.0. The lowest BCUT2D eigenvalue weighted by Gasteiger charge is -2.27. The fourth-order valence-corrected chi connectivity index (χ4v) is 3.23. The van der Waals surface area contributed by atoms with Crippen molar-refractivity contribution in [1.82, 2.24) is 0 Å². The van der Waals surface area contributed by atoms with Gasteiger partial charge in [-0.25, -0.2) is 4.79 Å². The minimum absolute atomic E-state index is 0.290. The van der Waals surface area contributed by atoms with Crippen LogP contribution in [-0.2, 0) is 28.6 Å². The van der Waals surface area contributed by atoms with E-state index in [1.165, 1.54) is 13.8 Å². The third-order valence-electron chi connectivity index (χ3n) is 4.43. The highest BCUT2D eigenvalue weighted by molar-refractivity contribution is 5.91. The molecule has 1 aliphatic carbocycles. The van der Waals surface area contributed by atoms with Crippen LogP contribution in [0.15, 0.2) is 35.5 Å². The highest BCUT2D eigenvalue weighted by Gasteiger charge is 2.44. The molecule has 0 aromatic heterocycles. The Morgan fingerprint density at radius 2 is 1.84 bits per heavy atom. The second-order valence-electron chi connectivity index (χ2n) is 6.57. The lowest BCUT2D eigenvalue weighted by atomic mass is 9.85. The van der Waals surface area contributed by atoms with E-state index >= 15 is 0 Å². The van der Waals surface area contributed by atoms with E-state index in [1.54, 1.807) is 6.08 Å². The van der Waals surface area contributed by atoms with Crippen LogP contribution in [0.3, 0.4) is 0 Å². The molecule has 0 radical (unpaired) electrons. The van der Waals surface area contributed by atoms with Gasteiger partial charge in [0, 0.05) is 32.3 Å². The monoisotopic (exact) mass is 348 g/mol. The molecule has 0 spiro atoms. The second kappa shape index (κ2) is 7.68. The van der Waals surface area contributed by atoms with Crippen LogP contribution in [0.5, 0.6) is 0 Å². The Morgan fingerprint density at radius 1 is 1.20 bits per heavy atom. The van der Waals surface area contributed by atoms with Crippen molar-refractivity contribution in [3.05, 3.63) is 35.5 Å². The van der Waals surface area contributed by atoms with Crippen molar-refractivity contribution in [2.75, 3.05) is 0 Å². The van der Waals surface area contributed by atoms with Crippen LogP contribution in [0.2, 0.25) is 0 Å². The van der Waals surface area contributed by atoms with Crippen LogP contribution in [0.25, 0.3) is 0 Å². The first-order valence-corrected chi connectivity index (χ1v) is 8.27. The molecule has 25 heavy (non-hydrogen) atoms. The standard InChI is InChI=1S/C19H24O6/c1-10-6-7-15(23-13(4)20)11(2)9-17(24-14(5)21)18-12(3)19(22)25-16(18)8-10/h6,9,15-18H,3,7-8H2,1-2,4-5H3/b10-6-,11-9-/t15-,16+,17-,18-/m1/s1. The van der Waals surface area contributed by atoms with Crippen molar-refractivity contribution in [3.8, 4) is 0 Å². The molecule has 0 aromatic rings. The van der Waals surface area contributed by atoms with Gasteiger partial charge in [-0.05, 0) is 25.5 Å². The molecule has 1 aliphatic heterocycles. The maximum Gasteiger partial charge on any atom is 0.334 e. The predicted octanol–water partition coefficient (Wildman–Crippen LogP) is 2.63. The molecular formula is C19H24O6. The first-order valence-electron chi connectivity index (χ1n) is 8.27. The summed E-state index contributed by atoms with van der Waals surface area (Å²) in [6.07, 6.45) is 3.13. The van der Waals surface area contributed by atoms with Crippen molar-refractivity contribution in [3.63, 3.8) is 0 Å². The lowest BCUT2D eigenvalue weighted by molar-refractivity contribution is -0.148. The highest BCUT2D eigenvalue weighted by Crippen LogP contribution is 2.36. The Labute approximate surface area is 147 Å². The molecule has 2 aliphatic rings. The van der Waals surface area contributed by atoms with Crippen molar-refractivity contribution < 1.29 is 28.6 Å². The predicted molar refractivity (Wildman–Crippen MR) is 90.4 cm³/mol. The molecule has 0 N–H and O–H groups in total. The summed E-state index contributed by atoms with van der Waals surface area (Å²) in [6.45, 7) is 10.2. The quantitative estimate of drug-likeness (QED) is 0.330. The summed E-state index contributed by atoms with van der Waals surface area (Å²) in [4.78, 5) is 35.0. The van der Waals surface area contributed by atoms with Gasteiger partial charge in [0.25, 0.3) is 0 Å². The fourth-order valence-electron chi connectivity index (χ4n) is 3.23. The molecule has 0 bridgehead atoms. The first-order chi connectivity index (χ1) is 11.7. The third-order valence-corrected chi connectivity index (χ3v) is 4.43. The topological polar surface area (TPSA) is 78.9 Å². The van der Waals surface area contributed by atoms with Crippen molar-refractivity contribution in [2.45, 2.75) is 58.8 Å². The van der Waals surface area contributed by atoms with Gasteiger partial charge >= 0.3 is 17.9 Å². The average Bonchev–Trinajstić information content (AvgIpc) is 2.75. The van der Waals surface area contributed by atoms with Crippen molar-refractivity contribution in [1.29, 1.82) is 0 Å². The Hall–Kier alpha value is -2.37. The smallest absolute Gasteiger partial charge is 0.334 e. The number of carbonyl (C=O) groups excluding carboxylic acids is 3. The number of rotatable bonds is 2. The molecule has 0 saturated carbocycles. The zero-order chi connectivity index (χ0) is 18.7. The summed E-state index contributed by atoms with van der Waals surface area (Å²) >= 11 is 0. The van der Waals surface area contributed by atoms with Gasteiger partial charge in [0.05, 0.1) is 5.92 Å². The Balaban J connectivity index is 2.46. The van der Waals surface area contributed by atoms with E-state index in [-0.39, 0.29) is 11.5 Å². The number of esters is 3. The van der Waals surface area contributed by atoms with Crippen LogP contribution in [0, 0.1) is 5.92 Å². The van der Waals surface area contributed by atoms with Crippen molar-refractivity contribution >= 4 is 17.9 Å². The van der Waals surface area contributed by atoms with Gasteiger partial charge in [-0.3, -0.25) is 9.59 Å². The number of hydrogen-bond acceptors (Lipinski definition) is 6. The van der Waals surface area contributed by atoms with Crippen LogP contribution in [0.4, 0.5) is 0 Å². The second-order valence-corrected chi connectivity index (χ2v) is 6.57. The summed E-state index contributed by atoms with van der Waals surface area (Å²) in [5, 5.41) is 0. The zero-order valence-electron chi connectivity index (χ0n) is 15.0. The molecule has 6 heteroatoms. The molecule has 0 amide bonds. The molecule has 136 valence electrons. The van der Waals surface area contributed by atoms with Crippen LogP contribution < -0.4 is 0 Å². The Morgan fingerprint density at radius 3 is 2.44 bits per heavy atom. The highest BCUT2D eigenvalue weighted by atomic mass is 16.6. The lowest BCUT2D eigenvalue weighted by Crippen LogP contribution is -2.33. The minimum Gasteiger partial charge on any atom is -0.458 e. The molecule has 6 nitrogen and oxygen atoms in total. The molecule has 0 unspecified atom stereocenters.